The van der Waals surface area contributed by atoms with Gasteiger partial charge in [0, 0.05) is 0 Å². The standard InChI is InChI=1S/C13H9.C6H7.C3H6.2ClH.Hf/c1-3-7-12-10(5-1)9-11-6-2-4-8-13(11)12;1-6-4-2-3-5-6;1-3-2;;;/h1-9H;4-5H,2H2,1H3;1-2H3;2*1H;/q2*-1;;;;+2. The normalized spacial score (nSPS) is 11.3. The number of rotatable bonds is 0. The van der Waals surface area contributed by atoms with Crippen molar-refractivity contribution in [1.29, 1.82) is 0 Å². The third-order valence-corrected chi connectivity index (χ3v) is 3.39. The summed E-state index contributed by atoms with van der Waals surface area (Å²) in [6.07, 6.45) is 8.24. The second-order valence-electron chi connectivity index (χ2n) is 5.82. The van der Waals surface area contributed by atoms with Gasteiger partial charge in [-0.15, -0.1) is 77.9 Å². The zero-order valence-electron chi connectivity index (χ0n) is 14.9. The van der Waals surface area contributed by atoms with Gasteiger partial charge in [-0.3, -0.25) is 6.08 Å². The Labute approximate surface area is 178 Å². The Balaban J connectivity index is 0.000000410. The van der Waals surface area contributed by atoms with Crippen molar-refractivity contribution < 1.29 is 23.9 Å². The molecule has 0 N–H and O–H groups in total. The molecule has 130 valence electrons. The van der Waals surface area contributed by atoms with E-state index < -0.39 is 0 Å². The van der Waals surface area contributed by atoms with Crippen LogP contribution in [0, 0.1) is 6.08 Å². The van der Waals surface area contributed by atoms with Gasteiger partial charge >= 0.3 is 41.0 Å². The molecule has 0 amide bonds. The van der Waals surface area contributed by atoms with Gasteiger partial charge in [0.15, 0.2) is 0 Å². The Morgan fingerprint density at radius 1 is 0.920 bits per heavy atom. The monoisotopic (exact) mass is 538 g/mol. The van der Waals surface area contributed by atoms with E-state index in [0.29, 0.717) is 0 Å². The average molecular weight is 538 g/mol. The average Bonchev–Trinajstić information content (AvgIpc) is 3.13. The molecule has 0 nitrogen and oxygen atoms in total. The fourth-order valence-electron chi connectivity index (χ4n) is 2.40. The molecular weight excluding hydrogens is 514 g/mol. The van der Waals surface area contributed by atoms with Gasteiger partial charge < -0.3 is 0 Å². The SMILES string of the molecule is CC1=CC[C-]=C1.C[C](C)=[Hf+2].Cl.Cl.c1ccc2c(c1)[cH-]c1ccccc12. The van der Waals surface area contributed by atoms with Crippen LogP contribution < -0.4 is 0 Å². The molecule has 1 aliphatic rings. The molecule has 0 saturated carbocycles. The first kappa shape index (κ1) is 24.1. The van der Waals surface area contributed by atoms with Gasteiger partial charge in [-0.25, -0.2) is 11.6 Å². The molecule has 0 aromatic heterocycles. The van der Waals surface area contributed by atoms with Crippen molar-refractivity contribution in [1.82, 2.24) is 0 Å². The summed E-state index contributed by atoms with van der Waals surface area (Å²) in [6.45, 7) is 6.37. The number of hydrogen-bond donors (Lipinski definition) is 0. The summed E-state index contributed by atoms with van der Waals surface area (Å²) in [4.78, 5) is 0. The maximum absolute atomic E-state index is 3.05. The summed E-state index contributed by atoms with van der Waals surface area (Å²) in [5.41, 5.74) is 1.34. The van der Waals surface area contributed by atoms with E-state index >= 15 is 0 Å². The molecule has 0 bridgehead atoms. The van der Waals surface area contributed by atoms with Crippen molar-refractivity contribution >= 4 is 49.6 Å². The molecule has 4 rings (SSSR count). The van der Waals surface area contributed by atoms with Gasteiger partial charge in [-0.1, -0.05) is 36.4 Å². The van der Waals surface area contributed by atoms with Crippen molar-refractivity contribution in [2.24, 2.45) is 0 Å². The van der Waals surface area contributed by atoms with Crippen LogP contribution in [0.5, 0.6) is 0 Å². The molecule has 0 fully saturated rings. The molecule has 3 aromatic carbocycles. The van der Waals surface area contributed by atoms with Crippen LogP contribution in [0.15, 0.2) is 72.3 Å². The third kappa shape index (κ3) is 7.90. The van der Waals surface area contributed by atoms with Gasteiger partial charge in [0.2, 0.25) is 0 Å². The molecule has 0 aliphatic heterocycles. The van der Waals surface area contributed by atoms with Crippen molar-refractivity contribution in [2.75, 3.05) is 0 Å². The Bertz CT molecular complexity index is 799. The number of halogens is 2. The number of allylic oxidation sites excluding steroid dienone is 4. The first-order valence-electron chi connectivity index (χ1n) is 7.86. The van der Waals surface area contributed by atoms with E-state index in [-0.39, 0.29) is 24.8 Å². The Hall–Kier alpha value is -0.890. The molecule has 0 atom stereocenters. The Kier molecular flexibility index (Phi) is 12.0. The first-order chi connectivity index (χ1) is 11.1. The van der Waals surface area contributed by atoms with Crippen LogP contribution in [0.3, 0.4) is 0 Å². The fraction of sp³-hybridized carbons (Fsp3) is 0.182. The minimum atomic E-state index is 0. The Morgan fingerprint density at radius 3 is 1.68 bits per heavy atom. The maximum atomic E-state index is 3.05. The van der Waals surface area contributed by atoms with Crippen LogP contribution in [0.1, 0.15) is 27.2 Å². The van der Waals surface area contributed by atoms with E-state index in [1.54, 1.807) is 3.26 Å². The first-order valence-corrected chi connectivity index (χ1v) is 9.66. The molecule has 25 heavy (non-hydrogen) atoms. The van der Waals surface area contributed by atoms with E-state index in [4.69, 9.17) is 0 Å². The van der Waals surface area contributed by atoms with Crippen molar-refractivity contribution in [3.8, 4) is 0 Å². The van der Waals surface area contributed by atoms with Crippen LogP contribution >= 0.6 is 24.8 Å². The van der Waals surface area contributed by atoms with Gasteiger partial charge in [0.1, 0.15) is 0 Å². The van der Waals surface area contributed by atoms with Crippen LogP contribution in [0.4, 0.5) is 0 Å². The molecule has 1 aliphatic carbocycles. The van der Waals surface area contributed by atoms with Crippen LogP contribution in [-0.4, -0.2) is 3.26 Å². The van der Waals surface area contributed by atoms with Gasteiger partial charge in [0.05, 0.1) is 0 Å². The fourth-order valence-corrected chi connectivity index (χ4v) is 2.40. The van der Waals surface area contributed by atoms with Gasteiger partial charge in [-0.05, 0) is 0 Å². The number of fused-ring (bicyclic) bond motifs is 3. The molecule has 0 radical (unpaired) electrons. The largest absolute Gasteiger partial charge is 0.147 e. The topological polar surface area (TPSA) is 0 Å². The summed E-state index contributed by atoms with van der Waals surface area (Å²) in [5.74, 6) is 0. The quantitative estimate of drug-likeness (QED) is 0.214. The minimum absolute atomic E-state index is 0. The summed E-state index contributed by atoms with van der Waals surface area (Å²) < 4.78 is 1.56. The summed E-state index contributed by atoms with van der Waals surface area (Å²) in [7, 11) is 0. The van der Waals surface area contributed by atoms with Crippen molar-refractivity contribution in [2.45, 2.75) is 27.2 Å². The third-order valence-electron chi connectivity index (χ3n) is 3.39. The van der Waals surface area contributed by atoms with Crippen LogP contribution in [0.25, 0.3) is 21.5 Å². The van der Waals surface area contributed by atoms with E-state index in [1.165, 1.54) is 51.0 Å². The summed E-state index contributed by atoms with van der Waals surface area (Å²) in [6, 6.07) is 19.3. The van der Waals surface area contributed by atoms with E-state index in [0.717, 1.165) is 6.42 Å². The van der Waals surface area contributed by atoms with Gasteiger partial charge in [-0.2, -0.15) is 6.08 Å². The van der Waals surface area contributed by atoms with E-state index in [2.05, 4.69) is 87.5 Å². The summed E-state index contributed by atoms with van der Waals surface area (Å²) in [5, 5.41) is 5.39. The second kappa shape index (κ2) is 12.5. The van der Waals surface area contributed by atoms with Crippen molar-refractivity contribution in [3.63, 3.8) is 0 Å². The smallest absolute Gasteiger partial charge is 0.0771 e. The maximum Gasteiger partial charge on any atom is -0.0771 e. The van der Waals surface area contributed by atoms with Crippen molar-refractivity contribution in [3.05, 3.63) is 78.4 Å². The Morgan fingerprint density at radius 2 is 1.36 bits per heavy atom. The zero-order valence-corrected chi connectivity index (χ0v) is 20.1. The molecule has 0 unspecified atom stereocenters. The number of benzene rings is 2. The van der Waals surface area contributed by atoms with Crippen LogP contribution in [-0.2, 0) is 23.9 Å². The molecule has 0 spiro atoms. The van der Waals surface area contributed by atoms with Crippen LogP contribution in [0.2, 0.25) is 0 Å². The predicted molar refractivity (Wildman–Crippen MR) is 114 cm³/mol. The number of hydrogen-bond acceptors (Lipinski definition) is 0. The minimum Gasteiger partial charge on any atom is -0.147 e. The zero-order chi connectivity index (χ0) is 16.7. The predicted octanol–water partition coefficient (Wildman–Crippen LogP) is 7.00. The van der Waals surface area contributed by atoms with E-state index in [9.17, 15) is 0 Å². The second-order valence-corrected chi connectivity index (χ2v) is 9.41. The van der Waals surface area contributed by atoms with E-state index in [1.807, 2.05) is 6.08 Å². The molecular formula is C22H24Cl2Hf. The molecule has 0 heterocycles. The molecule has 3 heteroatoms. The molecule has 0 saturated heterocycles. The molecule has 3 aromatic rings. The summed E-state index contributed by atoms with van der Waals surface area (Å²) >= 11 is 1.27. The van der Waals surface area contributed by atoms with Gasteiger partial charge in [0.25, 0.3) is 0 Å².